The second-order valence-corrected chi connectivity index (χ2v) is 5.05. The van der Waals surface area contributed by atoms with Crippen molar-refractivity contribution in [3.8, 4) is 11.5 Å². The Kier molecular flexibility index (Phi) is 2.80. The van der Waals surface area contributed by atoms with Crippen LogP contribution in [0.2, 0.25) is 5.02 Å². The fourth-order valence-electron chi connectivity index (χ4n) is 2.31. The van der Waals surface area contributed by atoms with Crippen molar-refractivity contribution in [3.63, 3.8) is 0 Å². The summed E-state index contributed by atoms with van der Waals surface area (Å²) < 4.78 is 5.26. The molecule has 0 aliphatic heterocycles. The van der Waals surface area contributed by atoms with E-state index >= 15 is 0 Å². The van der Waals surface area contributed by atoms with E-state index < -0.39 is 5.54 Å². The summed E-state index contributed by atoms with van der Waals surface area (Å²) in [6.07, 6.45) is 7.20. The van der Waals surface area contributed by atoms with E-state index in [0.29, 0.717) is 22.3 Å². The molecule has 1 saturated carbocycles. The van der Waals surface area contributed by atoms with Crippen LogP contribution in [0.15, 0.2) is 23.0 Å². The number of hydrogen-bond donors (Lipinski definition) is 1. The minimum absolute atomic E-state index is 0.397. The van der Waals surface area contributed by atoms with Crippen molar-refractivity contribution in [2.75, 3.05) is 0 Å². The normalized spacial score (nSPS) is 18.1. The highest BCUT2D eigenvalue weighted by Crippen LogP contribution is 2.36. The van der Waals surface area contributed by atoms with Gasteiger partial charge in [0.2, 0.25) is 0 Å². The zero-order chi connectivity index (χ0) is 12.6. The van der Waals surface area contributed by atoms with Crippen LogP contribution in [0, 0.1) is 0 Å². The van der Waals surface area contributed by atoms with E-state index in [1.54, 1.807) is 18.5 Å². The average molecular weight is 265 g/mol. The van der Waals surface area contributed by atoms with Gasteiger partial charge in [-0.1, -0.05) is 29.6 Å². The molecule has 94 valence electrons. The Labute approximate surface area is 109 Å². The lowest BCUT2D eigenvalue weighted by molar-refractivity contribution is 0.372. The van der Waals surface area contributed by atoms with E-state index in [9.17, 15) is 0 Å². The fraction of sp³-hybridized carbons (Fsp3) is 0.417. The van der Waals surface area contributed by atoms with E-state index in [1.807, 2.05) is 0 Å². The maximum Gasteiger partial charge on any atom is 0.259 e. The molecule has 1 aliphatic carbocycles. The maximum atomic E-state index is 6.28. The summed E-state index contributed by atoms with van der Waals surface area (Å²) in [6.45, 7) is 0. The molecule has 1 fully saturated rings. The van der Waals surface area contributed by atoms with Crippen molar-refractivity contribution in [3.05, 3.63) is 29.3 Å². The summed E-state index contributed by atoms with van der Waals surface area (Å²) >= 11 is 6.04. The SMILES string of the molecule is NC1(c2noc(-c3ccncc3Cl)n2)CCCC1. The van der Waals surface area contributed by atoms with Gasteiger partial charge in [0.15, 0.2) is 5.82 Å². The second-order valence-electron chi connectivity index (χ2n) is 4.64. The number of halogens is 1. The van der Waals surface area contributed by atoms with Gasteiger partial charge in [0.25, 0.3) is 5.89 Å². The lowest BCUT2D eigenvalue weighted by Gasteiger charge is -2.17. The van der Waals surface area contributed by atoms with Gasteiger partial charge < -0.3 is 10.3 Å². The number of nitrogens with zero attached hydrogens (tertiary/aromatic N) is 3. The second kappa shape index (κ2) is 4.33. The molecule has 0 aromatic carbocycles. The van der Waals surface area contributed by atoms with Gasteiger partial charge in [-0.05, 0) is 18.9 Å². The Morgan fingerprint density at radius 2 is 2.11 bits per heavy atom. The van der Waals surface area contributed by atoms with Crippen molar-refractivity contribution in [1.29, 1.82) is 0 Å². The highest BCUT2D eigenvalue weighted by Gasteiger charge is 2.36. The first-order valence-electron chi connectivity index (χ1n) is 5.92. The molecular weight excluding hydrogens is 252 g/mol. The molecule has 6 heteroatoms. The quantitative estimate of drug-likeness (QED) is 0.902. The van der Waals surface area contributed by atoms with Crippen LogP contribution in [0.25, 0.3) is 11.5 Å². The topological polar surface area (TPSA) is 77.8 Å². The first-order chi connectivity index (χ1) is 8.69. The Morgan fingerprint density at radius 3 is 2.83 bits per heavy atom. The molecule has 18 heavy (non-hydrogen) atoms. The summed E-state index contributed by atoms with van der Waals surface area (Å²) in [5.74, 6) is 0.969. The van der Waals surface area contributed by atoms with Gasteiger partial charge in [-0.25, -0.2) is 0 Å². The zero-order valence-electron chi connectivity index (χ0n) is 9.77. The Hall–Kier alpha value is -1.46. The van der Waals surface area contributed by atoms with E-state index in [-0.39, 0.29) is 0 Å². The zero-order valence-corrected chi connectivity index (χ0v) is 10.5. The molecule has 0 bridgehead atoms. The maximum absolute atomic E-state index is 6.28. The lowest BCUT2D eigenvalue weighted by Crippen LogP contribution is -2.34. The number of pyridine rings is 1. The predicted molar refractivity (Wildman–Crippen MR) is 66.9 cm³/mol. The highest BCUT2D eigenvalue weighted by atomic mass is 35.5. The van der Waals surface area contributed by atoms with Crippen LogP contribution in [-0.4, -0.2) is 15.1 Å². The molecule has 0 saturated heterocycles. The first-order valence-corrected chi connectivity index (χ1v) is 6.30. The van der Waals surface area contributed by atoms with Crippen LogP contribution in [0.5, 0.6) is 0 Å². The number of nitrogens with two attached hydrogens (primary N) is 1. The third-order valence-electron chi connectivity index (χ3n) is 3.37. The largest absolute Gasteiger partial charge is 0.334 e. The Balaban J connectivity index is 1.97. The van der Waals surface area contributed by atoms with Crippen molar-refractivity contribution in [2.45, 2.75) is 31.2 Å². The van der Waals surface area contributed by atoms with E-state index in [2.05, 4.69) is 15.1 Å². The van der Waals surface area contributed by atoms with Gasteiger partial charge >= 0.3 is 0 Å². The van der Waals surface area contributed by atoms with Crippen molar-refractivity contribution in [1.82, 2.24) is 15.1 Å². The van der Waals surface area contributed by atoms with E-state index in [4.69, 9.17) is 21.9 Å². The fourth-order valence-corrected chi connectivity index (χ4v) is 2.51. The molecule has 2 aromatic heterocycles. The smallest absolute Gasteiger partial charge is 0.259 e. The van der Waals surface area contributed by atoms with Crippen molar-refractivity contribution in [2.24, 2.45) is 5.73 Å². The van der Waals surface area contributed by atoms with Crippen LogP contribution in [0.4, 0.5) is 0 Å². The molecule has 0 atom stereocenters. The number of rotatable bonds is 2. The van der Waals surface area contributed by atoms with Crippen molar-refractivity contribution >= 4 is 11.6 Å². The van der Waals surface area contributed by atoms with Crippen LogP contribution in [0.1, 0.15) is 31.5 Å². The summed E-state index contributed by atoms with van der Waals surface area (Å²) in [6, 6.07) is 1.75. The molecule has 0 unspecified atom stereocenters. The summed E-state index contributed by atoms with van der Waals surface area (Å²) in [5, 5.41) is 4.49. The molecule has 2 aromatic rings. The minimum atomic E-state index is -0.443. The first kappa shape index (κ1) is 11.6. The van der Waals surface area contributed by atoms with Gasteiger partial charge in [0, 0.05) is 12.4 Å². The van der Waals surface area contributed by atoms with E-state index in [0.717, 1.165) is 25.7 Å². The summed E-state index contributed by atoms with van der Waals surface area (Å²) in [7, 11) is 0. The molecule has 1 aliphatic rings. The third-order valence-corrected chi connectivity index (χ3v) is 3.67. The average Bonchev–Trinajstić information content (AvgIpc) is 2.99. The molecule has 5 nitrogen and oxygen atoms in total. The van der Waals surface area contributed by atoms with Gasteiger partial charge in [0.1, 0.15) is 0 Å². The molecular formula is C12H13ClN4O. The number of aromatic nitrogens is 3. The van der Waals surface area contributed by atoms with Crippen LogP contribution in [-0.2, 0) is 5.54 Å². The van der Waals surface area contributed by atoms with Gasteiger partial charge in [-0.3, -0.25) is 4.98 Å². The van der Waals surface area contributed by atoms with Gasteiger partial charge in [0.05, 0.1) is 16.1 Å². The summed E-state index contributed by atoms with van der Waals surface area (Å²) in [5.41, 5.74) is 6.52. The van der Waals surface area contributed by atoms with Crippen LogP contribution in [0.3, 0.4) is 0 Å². The number of hydrogen-bond acceptors (Lipinski definition) is 5. The molecule has 0 amide bonds. The van der Waals surface area contributed by atoms with Gasteiger partial charge in [-0.2, -0.15) is 4.98 Å². The lowest BCUT2D eigenvalue weighted by atomic mass is 9.99. The Bertz CT molecular complexity index is 563. The minimum Gasteiger partial charge on any atom is -0.334 e. The third kappa shape index (κ3) is 1.89. The predicted octanol–water partition coefficient (Wildman–Crippen LogP) is 2.51. The van der Waals surface area contributed by atoms with Crippen LogP contribution >= 0.6 is 11.6 Å². The molecule has 2 heterocycles. The Morgan fingerprint density at radius 1 is 1.33 bits per heavy atom. The molecule has 2 N–H and O–H groups in total. The van der Waals surface area contributed by atoms with Gasteiger partial charge in [-0.15, -0.1) is 0 Å². The molecule has 0 spiro atoms. The van der Waals surface area contributed by atoms with Crippen molar-refractivity contribution < 1.29 is 4.52 Å². The highest BCUT2D eigenvalue weighted by molar-refractivity contribution is 6.32. The summed E-state index contributed by atoms with van der Waals surface area (Å²) in [4.78, 5) is 8.30. The van der Waals surface area contributed by atoms with E-state index in [1.165, 1.54) is 0 Å². The van der Waals surface area contributed by atoms with Crippen LogP contribution < -0.4 is 5.73 Å². The molecule has 3 rings (SSSR count). The monoisotopic (exact) mass is 264 g/mol. The molecule has 0 radical (unpaired) electrons. The standard InChI is InChI=1S/C12H13ClN4O/c13-9-7-15-6-3-8(9)10-16-11(17-18-10)12(14)4-1-2-5-12/h3,6-7H,1-2,4-5,14H2.